The highest BCUT2D eigenvalue weighted by Crippen LogP contribution is 2.50. The van der Waals surface area contributed by atoms with Crippen molar-refractivity contribution in [2.45, 2.75) is 18.0 Å². The standard InChI is InChI=1S/C10H11FO/c11-9-6-10(9,7-12)8-4-2-1-3-5-8/h1-5,9,12H,6-7H2/t9-,10+/m0/s1. The summed E-state index contributed by atoms with van der Waals surface area (Å²) in [4.78, 5) is 0. The van der Waals surface area contributed by atoms with E-state index in [1.807, 2.05) is 30.3 Å². The third kappa shape index (κ3) is 0.950. The summed E-state index contributed by atoms with van der Waals surface area (Å²) in [5, 5.41) is 9.04. The van der Waals surface area contributed by atoms with Crippen LogP contribution in [-0.4, -0.2) is 17.9 Å². The zero-order valence-corrected chi connectivity index (χ0v) is 6.70. The van der Waals surface area contributed by atoms with E-state index < -0.39 is 11.6 Å². The van der Waals surface area contributed by atoms with Crippen LogP contribution in [-0.2, 0) is 5.41 Å². The Morgan fingerprint density at radius 3 is 2.42 bits per heavy atom. The first-order valence-electron chi connectivity index (χ1n) is 4.10. The van der Waals surface area contributed by atoms with E-state index in [-0.39, 0.29) is 6.61 Å². The van der Waals surface area contributed by atoms with Crippen LogP contribution in [0.3, 0.4) is 0 Å². The number of hydrogen-bond donors (Lipinski definition) is 1. The Hall–Kier alpha value is -0.890. The van der Waals surface area contributed by atoms with E-state index in [2.05, 4.69) is 0 Å². The van der Waals surface area contributed by atoms with E-state index in [9.17, 15) is 4.39 Å². The Morgan fingerprint density at radius 2 is 2.00 bits per heavy atom. The third-order valence-electron chi connectivity index (χ3n) is 2.61. The second-order valence-corrected chi connectivity index (χ2v) is 3.35. The van der Waals surface area contributed by atoms with E-state index in [4.69, 9.17) is 5.11 Å². The molecule has 1 nitrogen and oxygen atoms in total. The van der Waals surface area contributed by atoms with Crippen LogP contribution in [0.5, 0.6) is 0 Å². The number of aliphatic hydroxyl groups excluding tert-OH is 1. The average Bonchev–Trinajstić information content (AvgIpc) is 2.80. The maximum Gasteiger partial charge on any atom is 0.113 e. The van der Waals surface area contributed by atoms with Gasteiger partial charge in [0.15, 0.2) is 0 Å². The quantitative estimate of drug-likeness (QED) is 0.708. The Labute approximate surface area is 70.8 Å². The van der Waals surface area contributed by atoms with Crippen molar-refractivity contribution in [3.8, 4) is 0 Å². The molecule has 0 amide bonds. The van der Waals surface area contributed by atoms with Gasteiger partial charge in [-0.1, -0.05) is 30.3 Å². The molecule has 0 aliphatic heterocycles. The summed E-state index contributed by atoms with van der Waals surface area (Å²) in [6, 6.07) is 9.38. The topological polar surface area (TPSA) is 20.2 Å². The lowest BCUT2D eigenvalue weighted by molar-refractivity contribution is 0.233. The van der Waals surface area contributed by atoms with Gasteiger partial charge in [-0.05, 0) is 12.0 Å². The lowest BCUT2D eigenvalue weighted by atomic mass is 9.97. The van der Waals surface area contributed by atoms with Gasteiger partial charge in [-0.3, -0.25) is 0 Å². The second-order valence-electron chi connectivity index (χ2n) is 3.35. The minimum atomic E-state index is -0.857. The van der Waals surface area contributed by atoms with Crippen LogP contribution in [0.1, 0.15) is 12.0 Å². The Bertz CT molecular complexity index is 268. The maximum absolute atomic E-state index is 13.0. The van der Waals surface area contributed by atoms with E-state index in [1.54, 1.807) is 0 Å². The van der Waals surface area contributed by atoms with Crippen molar-refractivity contribution in [2.24, 2.45) is 0 Å². The molecule has 2 rings (SSSR count). The summed E-state index contributed by atoms with van der Waals surface area (Å²) in [5.41, 5.74) is 0.348. The van der Waals surface area contributed by atoms with Crippen LogP contribution >= 0.6 is 0 Å². The highest BCUT2D eigenvalue weighted by Gasteiger charge is 2.55. The van der Waals surface area contributed by atoms with Gasteiger partial charge in [-0.2, -0.15) is 0 Å². The molecule has 0 saturated heterocycles. The Balaban J connectivity index is 2.31. The van der Waals surface area contributed by atoms with Crippen molar-refractivity contribution >= 4 is 0 Å². The van der Waals surface area contributed by atoms with Crippen molar-refractivity contribution in [1.82, 2.24) is 0 Å². The fraction of sp³-hybridized carbons (Fsp3) is 0.400. The van der Waals surface area contributed by atoms with E-state index in [0.29, 0.717) is 6.42 Å². The molecule has 2 heteroatoms. The van der Waals surface area contributed by atoms with Gasteiger partial charge in [-0.25, -0.2) is 4.39 Å². The first kappa shape index (κ1) is 7.74. The molecule has 1 saturated carbocycles. The molecule has 0 heterocycles. The first-order valence-corrected chi connectivity index (χ1v) is 4.10. The molecule has 1 aliphatic carbocycles. The van der Waals surface area contributed by atoms with Crippen molar-refractivity contribution in [3.05, 3.63) is 35.9 Å². The summed E-state index contributed by atoms with van der Waals surface area (Å²) >= 11 is 0. The highest BCUT2D eigenvalue weighted by molar-refractivity contribution is 5.34. The number of rotatable bonds is 2. The number of aliphatic hydroxyl groups is 1. The number of halogens is 1. The largest absolute Gasteiger partial charge is 0.395 e. The molecule has 0 radical (unpaired) electrons. The fourth-order valence-electron chi connectivity index (χ4n) is 1.58. The lowest BCUT2D eigenvalue weighted by Crippen LogP contribution is -2.15. The number of hydrogen-bond acceptors (Lipinski definition) is 1. The summed E-state index contributed by atoms with van der Waals surface area (Å²) < 4.78 is 13.0. The van der Waals surface area contributed by atoms with Gasteiger partial charge in [0.05, 0.1) is 12.0 Å². The highest BCUT2D eigenvalue weighted by atomic mass is 19.1. The molecule has 0 bridgehead atoms. The zero-order valence-electron chi connectivity index (χ0n) is 6.70. The fourth-order valence-corrected chi connectivity index (χ4v) is 1.58. The summed E-state index contributed by atoms with van der Waals surface area (Å²) in [7, 11) is 0. The van der Waals surface area contributed by atoms with E-state index >= 15 is 0 Å². The van der Waals surface area contributed by atoms with Crippen molar-refractivity contribution in [2.75, 3.05) is 6.61 Å². The predicted octanol–water partition coefficient (Wildman–Crippen LogP) is 1.66. The Kier molecular flexibility index (Phi) is 1.65. The predicted molar refractivity (Wildman–Crippen MR) is 44.7 cm³/mol. The lowest BCUT2D eigenvalue weighted by Gasteiger charge is -2.10. The molecule has 1 aliphatic rings. The maximum atomic E-state index is 13.0. The van der Waals surface area contributed by atoms with Gasteiger partial charge in [-0.15, -0.1) is 0 Å². The van der Waals surface area contributed by atoms with Crippen LogP contribution in [0.25, 0.3) is 0 Å². The monoisotopic (exact) mass is 166 g/mol. The molecule has 12 heavy (non-hydrogen) atoms. The minimum absolute atomic E-state index is 0.0851. The van der Waals surface area contributed by atoms with Crippen LogP contribution in [0, 0.1) is 0 Å². The molecule has 0 aromatic heterocycles. The molecular formula is C10H11FO. The summed E-state index contributed by atoms with van der Waals surface area (Å²) in [6.45, 7) is -0.0851. The summed E-state index contributed by atoms with van der Waals surface area (Å²) in [5.74, 6) is 0. The average molecular weight is 166 g/mol. The van der Waals surface area contributed by atoms with Gasteiger partial charge in [0.1, 0.15) is 6.17 Å². The van der Waals surface area contributed by atoms with Crippen LogP contribution in [0.4, 0.5) is 4.39 Å². The number of alkyl halides is 1. The van der Waals surface area contributed by atoms with Gasteiger partial charge < -0.3 is 5.11 Å². The third-order valence-corrected chi connectivity index (χ3v) is 2.61. The van der Waals surface area contributed by atoms with Crippen molar-refractivity contribution in [1.29, 1.82) is 0 Å². The SMILES string of the molecule is OC[C@@]1(c2ccccc2)C[C@@H]1F. The molecule has 64 valence electrons. The molecule has 0 spiro atoms. The van der Waals surface area contributed by atoms with Crippen molar-refractivity contribution < 1.29 is 9.50 Å². The van der Waals surface area contributed by atoms with Crippen LogP contribution < -0.4 is 0 Å². The Morgan fingerprint density at radius 1 is 1.42 bits per heavy atom. The smallest absolute Gasteiger partial charge is 0.113 e. The van der Waals surface area contributed by atoms with E-state index in [1.165, 1.54) is 0 Å². The normalized spacial score (nSPS) is 33.3. The molecule has 2 atom stereocenters. The summed E-state index contributed by atoms with van der Waals surface area (Å²) in [6.07, 6.45) is -0.391. The molecule has 1 N–H and O–H groups in total. The van der Waals surface area contributed by atoms with Gasteiger partial charge >= 0.3 is 0 Å². The molecular weight excluding hydrogens is 155 g/mol. The van der Waals surface area contributed by atoms with Crippen molar-refractivity contribution in [3.63, 3.8) is 0 Å². The van der Waals surface area contributed by atoms with Crippen LogP contribution in [0.2, 0.25) is 0 Å². The molecule has 1 fully saturated rings. The van der Waals surface area contributed by atoms with Gasteiger partial charge in [0.25, 0.3) is 0 Å². The zero-order chi connectivity index (χ0) is 8.60. The van der Waals surface area contributed by atoms with Crippen LogP contribution in [0.15, 0.2) is 30.3 Å². The van der Waals surface area contributed by atoms with Gasteiger partial charge in [0, 0.05) is 0 Å². The molecule has 0 unspecified atom stereocenters. The minimum Gasteiger partial charge on any atom is -0.395 e. The molecule has 1 aromatic carbocycles. The second kappa shape index (κ2) is 2.56. The molecule has 1 aromatic rings. The number of benzene rings is 1. The van der Waals surface area contributed by atoms with E-state index in [0.717, 1.165) is 5.56 Å². The first-order chi connectivity index (χ1) is 5.79. The van der Waals surface area contributed by atoms with Gasteiger partial charge in [0.2, 0.25) is 0 Å².